The van der Waals surface area contributed by atoms with Gasteiger partial charge in [-0.1, -0.05) is 17.7 Å². The number of rotatable bonds is 7. The number of aryl methyl sites for hydroxylation is 1. The van der Waals surface area contributed by atoms with Crippen molar-refractivity contribution in [2.45, 2.75) is 19.9 Å². The third-order valence-electron chi connectivity index (χ3n) is 3.44. The largest absolute Gasteiger partial charge is 0.491 e. The first-order valence-corrected chi connectivity index (χ1v) is 7.86. The molecule has 0 saturated carbocycles. The predicted octanol–water partition coefficient (Wildman–Crippen LogP) is 3.50. The van der Waals surface area contributed by atoms with Gasteiger partial charge < -0.3 is 10.1 Å². The average molecular weight is 340 g/mol. The first kappa shape index (κ1) is 18.2. The molecule has 0 aliphatic carbocycles. The molecular formula is C19H20N2O4. The number of hydrogen-bond acceptors (Lipinski definition) is 4. The second-order valence-electron chi connectivity index (χ2n) is 5.72. The molecule has 0 aliphatic rings. The van der Waals surface area contributed by atoms with Gasteiger partial charge in [-0.25, -0.2) is 0 Å². The van der Waals surface area contributed by atoms with Gasteiger partial charge in [0.15, 0.2) is 0 Å². The van der Waals surface area contributed by atoms with Crippen LogP contribution in [0.15, 0.2) is 54.6 Å². The number of ether oxygens (including phenoxy) is 1. The van der Waals surface area contributed by atoms with Gasteiger partial charge in [0, 0.05) is 18.2 Å². The minimum Gasteiger partial charge on any atom is -0.491 e. The molecule has 0 radical (unpaired) electrons. The minimum absolute atomic E-state index is 0.0171. The van der Waals surface area contributed by atoms with Crippen LogP contribution >= 0.6 is 0 Å². The van der Waals surface area contributed by atoms with Crippen molar-refractivity contribution in [3.05, 3.63) is 75.8 Å². The zero-order valence-corrected chi connectivity index (χ0v) is 14.1. The molecule has 1 atom stereocenters. The number of nitro groups is 1. The van der Waals surface area contributed by atoms with Crippen LogP contribution in [0.2, 0.25) is 0 Å². The Hall–Kier alpha value is -3.15. The van der Waals surface area contributed by atoms with E-state index in [9.17, 15) is 14.9 Å². The summed E-state index contributed by atoms with van der Waals surface area (Å²) in [5, 5.41) is 13.4. The number of amides is 1. The van der Waals surface area contributed by atoms with E-state index in [1.807, 2.05) is 38.1 Å². The van der Waals surface area contributed by atoms with E-state index in [0.29, 0.717) is 12.2 Å². The fourth-order valence-electron chi connectivity index (χ4n) is 2.07. The monoisotopic (exact) mass is 340 g/mol. The van der Waals surface area contributed by atoms with Gasteiger partial charge in [0.05, 0.1) is 11.0 Å². The molecule has 6 nitrogen and oxygen atoms in total. The lowest BCUT2D eigenvalue weighted by molar-refractivity contribution is -0.384. The Balaban J connectivity index is 1.80. The lowest BCUT2D eigenvalue weighted by Gasteiger charge is -2.14. The van der Waals surface area contributed by atoms with E-state index in [4.69, 9.17) is 4.74 Å². The number of nitrogens with zero attached hydrogens (tertiary/aromatic N) is 1. The molecule has 0 aromatic heterocycles. The first-order chi connectivity index (χ1) is 11.9. The highest BCUT2D eigenvalue weighted by molar-refractivity contribution is 5.91. The van der Waals surface area contributed by atoms with Crippen LogP contribution in [0.4, 0.5) is 5.69 Å². The third kappa shape index (κ3) is 6.10. The van der Waals surface area contributed by atoms with Crippen LogP contribution in [0.25, 0.3) is 6.08 Å². The van der Waals surface area contributed by atoms with Crippen LogP contribution in [-0.2, 0) is 4.79 Å². The molecule has 0 spiro atoms. The number of nitrogens with one attached hydrogen (secondary N) is 1. The highest BCUT2D eigenvalue weighted by Crippen LogP contribution is 2.13. The number of nitro benzene ring substituents is 1. The Morgan fingerprint density at radius 2 is 1.84 bits per heavy atom. The van der Waals surface area contributed by atoms with Gasteiger partial charge in [-0.15, -0.1) is 0 Å². The Morgan fingerprint density at radius 1 is 1.20 bits per heavy atom. The van der Waals surface area contributed by atoms with Crippen molar-refractivity contribution < 1.29 is 14.5 Å². The molecule has 2 aromatic rings. The molecule has 1 amide bonds. The van der Waals surface area contributed by atoms with Crippen LogP contribution < -0.4 is 10.1 Å². The van der Waals surface area contributed by atoms with Crippen molar-refractivity contribution >= 4 is 17.7 Å². The maximum atomic E-state index is 11.9. The molecule has 0 fully saturated rings. The second kappa shape index (κ2) is 8.63. The van der Waals surface area contributed by atoms with E-state index in [1.165, 1.54) is 18.2 Å². The van der Waals surface area contributed by atoms with Crippen LogP contribution in [0, 0.1) is 17.0 Å². The van der Waals surface area contributed by atoms with Gasteiger partial charge in [0.25, 0.3) is 5.69 Å². The van der Waals surface area contributed by atoms with Crippen molar-refractivity contribution in [2.24, 2.45) is 0 Å². The van der Waals surface area contributed by atoms with Gasteiger partial charge in [0.1, 0.15) is 12.4 Å². The summed E-state index contributed by atoms with van der Waals surface area (Å²) >= 11 is 0. The number of carbonyl (C=O) groups is 1. The molecule has 0 heterocycles. The molecule has 2 rings (SSSR count). The normalized spacial score (nSPS) is 11.9. The van der Waals surface area contributed by atoms with Crippen LogP contribution in [0.3, 0.4) is 0 Å². The molecule has 0 unspecified atom stereocenters. The fourth-order valence-corrected chi connectivity index (χ4v) is 2.07. The molecule has 2 aromatic carbocycles. The SMILES string of the molecule is Cc1ccc(OC[C@@H](C)NC(=O)/C=C/c2ccc([N+](=O)[O-])cc2)cc1. The molecule has 6 heteroatoms. The Labute approximate surface area is 146 Å². The fraction of sp³-hybridized carbons (Fsp3) is 0.211. The first-order valence-electron chi connectivity index (χ1n) is 7.86. The van der Waals surface area contributed by atoms with Crippen molar-refractivity contribution in [1.82, 2.24) is 5.32 Å². The quantitative estimate of drug-likeness (QED) is 0.475. The summed E-state index contributed by atoms with van der Waals surface area (Å²) in [4.78, 5) is 22.0. The van der Waals surface area contributed by atoms with E-state index < -0.39 is 4.92 Å². The highest BCUT2D eigenvalue weighted by atomic mass is 16.6. The molecule has 0 bridgehead atoms. The summed E-state index contributed by atoms with van der Waals surface area (Å²) in [5.41, 5.74) is 1.89. The van der Waals surface area contributed by atoms with Gasteiger partial charge in [-0.05, 0) is 49.8 Å². The minimum atomic E-state index is -0.462. The van der Waals surface area contributed by atoms with Crippen molar-refractivity contribution in [3.63, 3.8) is 0 Å². The second-order valence-corrected chi connectivity index (χ2v) is 5.72. The van der Waals surface area contributed by atoms with Crippen LogP contribution in [0.1, 0.15) is 18.1 Å². The lowest BCUT2D eigenvalue weighted by Crippen LogP contribution is -2.35. The van der Waals surface area contributed by atoms with Gasteiger partial charge >= 0.3 is 0 Å². The zero-order chi connectivity index (χ0) is 18.2. The Kier molecular flexibility index (Phi) is 6.28. The van der Waals surface area contributed by atoms with E-state index in [1.54, 1.807) is 18.2 Å². The average Bonchev–Trinajstić information content (AvgIpc) is 2.60. The van der Waals surface area contributed by atoms with E-state index in [2.05, 4.69) is 5.32 Å². The topological polar surface area (TPSA) is 81.5 Å². The van der Waals surface area contributed by atoms with E-state index in [0.717, 1.165) is 11.3 Å². The Bertz CT molecular complexity index is 752. The third-order valence-corrected chi connectivity index (χ3v) is 3.44. The summed E-state index contributed by atoms with van der Waals surface area (Å²) in [6, 6.07) is 13.5. The molecule has 0 aliphatic heterocycles. The number of carbonyl (C=O) groups excluding carboxylic acids is 1. The Morgan fingerprint density at radius 3 is 2.44 bits per heavy atom. The van der Waals surface area contributed by atoms with Crippen molar-refractivity contribution in [1.29, 1.82) is 0 Å². The highest BCUT2D eigenvalue weighted by Gasteiger charge is 2.06. The summed E-state index contributed by atoms with van der Waals surface area (Å²) in [5.74, 6) is 0.506. The summed E-state index contributed by atoms with van der Waals surface area (Å²) < 4.78 is 5.62. The molecule has 25 heavy (non-hydrogen) atoms. The molecule has 0 saturated heterocycles. The molecule has 1 N–H and O–H groups in total. The van der Waals surface area contributed by atoms with Gasteiger partial charge in [0.2, 0.25) is 5.91 Å². The van der Waals surface area contributed by atoms with E-state index >= 15 is 0 Å². The number of hydrogen-bond donors (Lipinski definition) is 1. The summed E-state index contributed by atoms with van der Waals surface area (Å²) in [6.07, 6.45) is 3.00. The van der Waals surface area contributed by atoms with Crippen molar-refractivity contribution in [3.8, 4) is 5.75 Å². The van der Waals surface area contributed by atoms with Gasteiger partial charge in [-0.2, -0.15) is 0 Å². The van der Waals surface area contributed by atoms with Crippen LogP contribution in [0.5, 0.6) is 5.75 Å². The van der Waals surface area contributed by atoms with Gasteiger partial charge in [-0.3, -0.25) is 14.9 Å². The smallest absolute Gasteiger partial charge is 0.269 e. The predicted molar refractivity (Wildman–Crippen MR) is 96.4 cm³/mol. The number of non-ortho nitro benzene ring substituents is 1. The zero-order valence-electron chi connectivity index (χ0n) is 14.1. The standard InChI is InChI=1S/C19H20N2O4/c1-14-3-10-18(11-4-14)25-13-15(2)20-19(22)12-7-16-5-8-17(9-6-16)21(23)24/h3-12,15H,13H2,1-2H3,(H,20,22)/b12-7+/t15-/m1/s1. The molecule has 130 valence electrons. The summed E-state index contributed by atoms with van der Waals surface area (Å²) in [7, 11) is 0. The maximum absolute atomic E-state index is 11.9. The maximum Gasteiger partial charge on any atom is 0.269 e. The summed E-state index contributed by atoms with van der Waals surface area (Å²) in [6.45, 7) is 4.22. The van der Waals surface area contributed by atoms with Crippen molar-refractivity contribution in [2.75, 3.05) is 6.61 Å². The number of benzene rings is 2. The van der Waals surface area contributed by atoms with E-state index in [-0.39, 0.29) is 17.6 Å². The van der Waals surface area contributed by atoms with Crippen LogP contribution in [-0.4, -0.2) is 23.5 Å². The molecular weight excluding hydrogens is 320 g/mol. The lowest BCUT2D eigenvalue weighted by atomic mass is 10.2.